The topological polar surface area (TPSA) is 127 Å². The molecule has 0 bridgehead atoms. The van der Waals surface area contributed by atoms with Crippen LogP contribution in [-0.4, -0.2) is 56.8 Å². The van der Waals surface area contributed by atoms with E-state index in [4.69, 9.17) is 4.74 Å². The Kier molecular flexibility index (Phi) is 9.79. The van der Waals surface area contributed by atoms with Crippen molar-refractivity contribution in [3.63, 3.8) is 0 Å². The van der Waals surface area contributed by atoms with Crippen molar-refractivity contribution in [2.45, 2.75) is 69.7 Å². The summed E-state index contributed by atoms with van der Waals surface area (Å²) in [7, 11) is 1.28. The Hall–Kier alpha value is -3.27. The molecule has 0 aliphatic heterocycles. The molecule has 0 radical (unpaired) electrons. The van der Waals surface area contributed by atoms with E-state index in [-0.39, 0.29) is 23.4 Å². The van der Waals surface area contributed by atoms with E-state index < -0.39 is 28.7 Å². The lowest BCUT2D eigenvalue weighted by Crippen LogP contribution is -2.61. The normalized spacial score (nSPS) is 16.0. The highest BCUT2D eigenvalue weighted by Crippen LogP contribution is 2.32. The van der Waals surface area contributed by atoms with Crippen LogP contribution >= 0.6 is 11.8 Å². The van der Waals surface area contributed by atoms with E-state index in [1.807, 2.05) is 38.1 Å². The first kappa shape index (κ1) is 28.3. The van der Waals surface area contributed by atoms with Gasteiger partial charge in [0.1, 0.15) is 17.9 Å². The van der Waals surface area contributed by atoms with Gasteiger partial charge in [-0.3, -0.25) is 14.4 Å². The molecule has 1 heterocycles. The fourth-order valence-corrected chi connectivity index (χ4v) is 5.31. The van der Waals surface area contributed by atoms with Crippen LogP contribution in [0.25, 0.3) is 11.1 Å². The van der Waals surface area contributed by atoms with Crippen LogP contribution in [0.5, 0.6) is 0 Å². The molecule has 10 heteroatoms. The molecule has 1 aliphatic rings. The Morgan fingerprint density at radius 1 is 1.03 bits per heavy atom. The Balaban J connectivity index is 1.75. The van der Waals surface area contributed by atoms with Crippen LogP contribution in [0.3, 0.4) is 0 Å². The molecule has 9 nitrogen and oxygen atoms in total. The Morgan fingerprint density at radius 3 is 2.19 bits per heavy atom. The Labute approximate surface area is 221 Å². The van der Waals surface area contributed by atoms with Gasteiger partial charge in [-0.1, -0.05) is 62.7 Å². The number of benzene rings is 1. The minimum atomic E-state index is -1.13. The third-order valence-electron chi connectivity index (χ3n) is 6.49. The molecule has 3 rings (SSSR count). The summed E-state index contributed by atoms with van der Waals surface area (Å²) in [6.07, 6.45) is 7.58. The number of methoxy groups -OCH3 is 1. The standard InChI is InChI=1S/C27H34N4O5S/c1-17(2)23(37-18(3)32)24(33)31-27(11-5-6-12-27)26(35)30-22(25(34)36-4)13-19-7-9-20(10-8-19)21-14-28-16-29-15-21/h7-10,14-17,22-23H,5-6,11-13H2,1-4H3,(H,30,35)(H,31,33)/t22-,23-/m0/s1. The molecule has 1 aromatic carbocycles. The third kappa shape index (κ3) is 7.38. The number of esters is 1. The zero-order valence-corrected chi connectivity index (χ0v) is 22.5. The van der Waals surface area contributed by atoms with Gasteiger partial charge in [0.2, 0.25) is 11.8 Å². The molecule has 2 aromatic rings. The molecule has 1 fully saturated rings. The first-order chi connectivity index (χ1) is 17.6. The molecule has 2 amide bonds. The zero-order valence-electron chi connectivity index (χ0n) is 21.7. The molecular formula is C27H34N4O5S. The highest BCUT2D eigenvalue weighted by atomic mass is 32.2. The minimum Gasteiger partial charge on any atom is -0.467 e. The smallest absolute Gasteiger partial charge is 0.328 e. The van der Waals surface area contributed by atoms with Crippen LogP contribution in [0.15, 0.2) is 43.0 Å². The quantitative estimate of drug-likeness (QED) is 0.452. The molecule has 0 saturated heterocycles. The summed E-state index contributed by atoms with van der Waals surface area (Å²) in [5.41, 5.74) is 1.50. The van der Waals surface area contributed by atoms with Crippen molar-refractivity contribution >= 4 is 34.7 Å². The number of hydrogen-bond donors (Lipinski definition) is 2. The Morgan fingerprint density at radius 2 is 1.65 bits per heavy atom. The van der Waals surface area contributed by atoms with Gasteiger partial charge in [-0.25, -0.2) is 14.8 Å². The molecule has 0 spiro atoms. The van der Waals surface area contributed by atoms with Gasteiger partial charge in [-0.05, 0) is 29.9 Å². The lowest BCUT2D eigenvalue weighted by molar-refractivity contribution is -0.146. The van der Waals surface area contributed by atoms with E-state index in [0.29, 0.717) is 12.8 Å². The van der Waals surface area contributed by atoms with Gasteiger partial charge >= 0.3 is 5.97 Å². The second-order valence-electron chi connectivity index (χ2n) is 9.63. The van der Waals surface area contributed by atoms with Crippen molar-refractivity contribution in [2.75, 3.05) is 7.11 Å². The van der Waals surface area contributed by atoms with Gasteiger partial charge in [0, 0.05) is 31.3 Å². The molecule has 0 unspecified atom stereocenters. The predicted molar refractivity (Wildman–Crippen MR) is 141 cm³/mol. The van der Waals surface area contributed by atoms with Gasteiger partial charge in [0.05, 0.1) is 12.4 Å². The number of thioether (sulfide) groups is 1. The fraction of sp³-hybridized carbons (Fsp3) is 0.481. The van der Waals surface area contributed by atoms with Gasteiger partial charge in [0.25, 0.3) is 0 Å². The van der Waals surface area contributed by atoms with E-state index >= 15 is 0 Å². The second-order valence-corrected chi connectivity index (χ2v) is 10.9. The van der Waals surface area contributed by atoms with E-state index in [9.17, 15) is 19.2 Å². The fourth-order valence-electron chi connectivity index (χ4n) is 4.51. The maximum atomic E-state index is 13.6. The van der Waals surface area contributed by atoms with Crippen LogP contribution < -0.4 is 10.6 Å². The van der Waals surface area contributed by atoms with Crippen molar-refractivity contribution in [3.05, 3.63) is 48.5 Å². The van der Waals surface area contributed by atoms with E-state index in [2.05, 4.69) is 20.6 Å². The highest BCUT2D eigenvalue weighted by Gasteiger charge is 2.45. The number of rotatable bonds is 10. The molecule has 37 heavy (non-hydrogen) atoms. The summed E-state index contributed by atoms with van der Waals surface area (Å²) in [5, 5.41) is 5.02. The maximum absolute atomic E-state index is 13.6. The van der Waals surface area contributed by atoms with Gasteiger partial charge in [-0.15, -0.1) is 0 Å². The Bertz CT molecular complexity index is 1100. The van der Waals surface area contributed by atoms with E-state index in [0.717, 1.165) is 41.3 Å². The van der Waals surface area contributed by atoms with Crippen molar-refractivity contribution < 1.29 is 23.9 Å². The molecule has 1 saturated carbocycles. The molecule has 1 aromatic heterocycles. The van der Waals surface area contributed by atoms with Crippen LogP contribution in [0.4, 0.5) is 0 Å². The van der Waals surface area contributed by atoms with E-state index in [1.165, 1.54) is 20.4 Å². The summed E-state index contributed by atoms with van der Waals surface area (Å²) in [6, 6.07) is 6.64. The zero-order chi connectivity index (χ0) is 27.0. The van der Waals surface area contributed by atoms with Crippen molar-refractivity contribution in [3.8, 4) is 11.1 Å². The average Bonchev–Trinajstić information content (AvgIpc) is 3.36. The van der Waals surface area contributed by atoms with E-state index in [1.54, 1.807) is 12.4 Å². The molecule has 2 N–H and O–H groups in total. The molecular weight excluding hydrogens is 492 g/mol. The summed E-state index contributed by atoms with van der Waals surface area (Å²) in [6.45, 7) is 5.16. The van der Waals surface area contributed by atoms with Crippen molar-refractivity contribution in [1.82, 2.24) is 20.6 Å². The molecule has 198 valence electrons. The maximum Gasteiger partial charge on any atom is 0.328 e. The number of hydrogen-bond acceptors (Lipinski definition) is 8. The SMILES string of the molecule is COC(=O)[C@H](Cc1ccc(-c2cncnc2)cc1)NC(=O)C1(NC(=O)[C@@H](SC(C)=O)C(C)C)CCCC1. The molecule has 1 aliphatic carbocycles. The highest BCUT2D eigenvalue weighted by molar-refractivity contribution is 8.14. The van der Waals surface area contributed by atoms with Crippen LogP contribution in [0.2, 0.25) is 0 Å². The number of nitrogens with zero attached hydrogens (tertiary/aromatic N) is 2. The summed E-state index contributed by atoms with van der Waals surface area (Å²) >= 11 is 0.969. The minimum absolute atomic E-state index is 0.0938. The second kappa shape index (κ2) is 12.8. The van der Waals surface area contributed by atoms with Crippen LogP contribution in [0, 0.1) is 5.92 Å². The number of carbonyl (C=O) groups is 4. The third-order valence-corrected chi connectivity index (χ3v) is 7.83. The number of aromatic nitrogens is 2. The van der Waals surface area contributed by atoms with Crippen LogP contribution in [0.1, 0.15) is 52.0 Å². The van der Waals surface area contributed by atoms with Gasteiger partial charge in [0.15, 0.2) is 5.12 Å². The van der Waals surface area contributed by atoms with Crippen molar-refractivity contribution in [2.24, 2.45) is 5.92 Å². The first-order valence-corrected chi connectivity index (χ1v) is 13.3. The lowest BCUT2D eigenvalue weighted by Gasteiger charge is -2.32. The van der Waals surface area contributed by atoms with Crippen LogP contribution in [-0.2, 0) is 30.3 Å². The first-order valence-electron chi connectivity index (χ1n) is 12.4. The molecule has 2 atom stereocenters. The number of amides is 2. The monoisotopic (exact) mass is 526 g/mol. The van der Waals surface area contributed by atoms with Gasteiger partial charge < -0.3 is 15.4 Å². The number of nitrogens with one attached hydrogen (secondary N) is 2. The van der Waals surface area contributed by atoms with Crippen molar-refractivity contribution in [1.29, 1.82) is 0 Å². The summed E-state index contributed by atoms with van der Waals surface area (Å²) < 4.78 is 4.97. The average molecular weight is 527 g/mol. The predicted octanol–water partition coefficient (Wildman–Crippen LogP) is 3.08. The van der Waals surface area contributed by atoms with Gasteiger partial charge in [-0.2, -0.15) is 0 Å². The number of carbonyl (C=O) groups excluding carboxylic acids is 4. The largest absolute Gasteiger partial charge is 0.467 e. The lowest BCUT2D eigenvalue weighted by atomic mass is 9.94. The summed E-state index contributed by atoms with van der Waals surface area (Å²) in [4.78, 5) is 59.1. The number of ether oxygens (including phenoxy) is 1. The summed E-state index contributed by atoms with van der Waals surface area (Å²) in [5.74, 6) is -1.42.